The molecule has 3 saturated heterocycles. The molecule has 3 heterocycles. The van der Waals surface area contributed by atoms with Crippen molar-refractivity contribution in [1.29, 1.82) is 0 Å². The van der Waals surface area contributed by atoms with Crippen LogP contribution in [-0.4, -0.2) is 60.5 Å². The van der Waals surface area contributed by atoms with Crippen molar-refractivity contribution in [1.82, 2.24) is 9.80 Å². The molecule has 28 heavy (non-hydrogen) atoms. The van der Waals surface area contributed by atoms with E-state index in [1.54, 1.807) is 28.9 Å². The van der Waals surface area contributed by atoms with Gasteiger partial charge >= 0.3 is 6.03 Å². The van der Waals surface area contributed by atoms with Gasteiger partial charge in [-0.2, -0.15) is 0 Å². The van der Waals surface area contributed by atoms with Gasteiger partial charge in [-0.05, 0) is 31.1 Å². The molecule has 1 aromatic rings. The van der Waals surface area contributed by atoms with Crippen LogP contribution in [0, 0.1) is 24.6 Å². The molecule has 150 valence electrons. The Morgan fingerprint density at radius 2 is 2.04 bits per heavy atom. The Balaban J connectivity index is 1.31. The van der Waals surface area contributed by atoms with E-state index in [9.17, 15) is 18.4 Å². The summed E-state index contributed by atoms with van der Waals surface area (Å²) in [6.45, 7) is 3.85. The minimum Gasteiger partial charge on any atom is -0.370 e. The second-order valence-electron chi connectivity index (χ2n) is 8.01. The number of carbonyl (C=O) groups excluding carboxylic acids is 2. The van der Waals surface area contributed by atoms with Gasteiger partial charge in [-0.3, -0.25) is 4.79 Å². The van der Waals surface area contributed by atoms with Crippen molar-refractivity contribution in [3.8, 4) is 0 Å². The third-order valence-corrected chi connectivity index (χ3v) is 5.89. The van der Waals surface area contributed by atoms with Crippen molar-refractivity contribution in [3.63, 3.8) is 0 Å². The molecule has 0 radical (unpaired) electrons. The number of fused-ring (bicyclic) bond motifs is 1. The van der Waals surface area contributed by atoms with Gasteiger partial charge in [0.05, 0.1) is 6.10 Å². The number of likely N-dealkylation sites (tertiary alicyclic amines) is 2. The fourth-order valence-corrected chi connectivity index (χ4v) is 4.17. The van der Waals surface area contributed by atoms with E-state index in [-0.39, 0.29) is 41.9 Å². The van der Waals surface area contributed by atoms with Crippen molar-refractivity contribution in [2.24, 2.45) is 11.8 Å². The number of nitrogens with zero attached hydrogens (tertiary/aromatic N) is 2. The van der Waals surface area contributed by atoms with Gasteiger partial charge in [-0.15, -0.1) is 0 Å². The second-order valence-corrected chi connectivity index (χ2v) is 8.01. The van der Waals surface area contributed by atoms with Gasteiger partial charge < -0.3 is 14.5 Å². The molecule has 3 aliphatic heterocycles. The summed E-state index contributed by atoms with van der Waals surface area (Å²) in [5.74, 6) is -0.808. The van der Waals surface area contributed by atoms with Crippen LogP contribution in [0.25, 0.3) is 5.83 Å². The number of hydrogen-bond donors (Lipinski definition) is 0. The molecule has 3 fully saturated rings. The van der Waals surface area contributed by atoms with E-state index in [1.807, 2.05) is 0 Å². The van der Waals surface area contributed by atoms with Gasteiger partial charge in [-0.25, -0.2) is 13.6 Å². The van der Waals surface area contributed by atoms with Crippen LogP contribution in [-0.2, 0) is 9.53 Å². The Morgan fingerprint density at radius 3 is 2.79 bits per heavy atom. The van der Waals surface area contributed by atoms with Crippen LogP contribution in [0.1, 0.15) is 24.0 Å². The first-order chi connectivity index (χ1) is 13.4. The average Bonchev–Trinajstić information content (AvgIpc) is 2.65. The number of rotatable bonds is 2. The molecule has 2 amide bonds. The third-order valence-electron chi connectivity index (χ3n) is 5.89. The SMILES string of the molecule is Cc1ccc(/C(F)=C\C2CN([11C](=O)N3CC[C@@H]4OCC(=O)C[C@@H]4C3)C2)cc1F. The summed E-state index contributed by atoms with van der Waals surface area (Å²) in [5.41, 5.74) is 0.697. The Bertz CT molecular complexity index is 820. The highest BCUT2D eigenvalue weighted by Gasteiger charge is 2.39. The Kier molecular flexibility index (Phi) is 5.19. The van der Waals surface area contributed by atoms with Crippen LogP contribution < -0.4 is 0 Å². The highest BCUT2D eigenvalue weighted by Crippen LogP contribution is 2.30. The molecule has 7 heteroatoms. The predicted octanol–water partition coefficient (Wildman–Crippen LogP) is 3.18. The summed E-state index contributed by atoms with van der Waals surface area (Å²) >= 11 is 0. The zero-order valence-electron chi connectivity index (χ0n) is 15.9. The molecule has 0 unspecified atom stereocenters. The molecule has 0 N–H and O–H groups in total. The maximum Gasteiger partial charge on any atom is 0.320 e. The van der Waals surface area contributed by atoms with Crippen molar-refractivity contribution in [3.05, 3.63) is 41.2 Å². The number of ketones is 1. The van der Waals surface area contributed by atoms with E-state index in [0.29, 0.717) is 38.2 Å². The zero-order chi connectivity index (χ0) is 19.8. The fourth-order valence-electron chi connectivity index (χ4n) is 4.17. The minimum atomic E-state index is -0.463. The number of hydrogen-bond acceptors (Lipinski definition) is 3. The number of ether oxygens (including phenoxy) is 1. The molecule has 0 aromatic heterocycles. The maximum atomic E-state index is 14.4. The van der Waals surface area contributed by atoms with Crippen LogP contribution in [0.3, 0.4) is 0 Å². The fraction of sp³-hybridized carbons (Fsp3) is 0.524. The van der Waals surface area contributed by atoms with Gasteiger partial charge in [0, 0.05) is 50.0 Å². The minimum absolute atomic E-state index is 0.0667. The molecule has 2 atom stereocenters. The normalized spacial score (nSPS) is 26.1. The number of carbonyl (C=O) groups is 2. The molecule has 5 nitrogen and oxygen atoms in total. The largest absolute Gasteiger partial charge is 0.370 e. The van der Waals surface area contributed by atoms with Gasteiger partial charge in [-0.1, -0.05) is 12.1 Å². The first kappa shape index (κ1) is 19.1. The lowest BCUT2D eigenvalue weighted by Gasteiger charge is -2.45. The summed E-state index contributed by atoms with van der Waals surface area (Å²) in [5, 5.41) is 0. The Hall–Kier alpha value is -2.28. The van der Waals surface area contributed by atoms with Gasteiger partial charge in [0.15, 0.2) is 5.78 Å². The summed E-state index contributed by atoms with van der Waals surface area (Å²) < 4.78 is 33.5. The van der Waals surface area contributed by atoms with E-state index in [4.69, 9.17) is 4.74 Å². The van der Waals surface area contributed by atoms with Crippen molar-refractivity contribution in [2.75, 3.05) is 32.8 Å². The predicted molar refractivity (Wildman–Crippen MR) is 99.7 cm³/mol. The highest BCUT2D eigenvalue weighted by atomic mass is 19.1. The summed E-state index contributed by atoms with van der Waals surface area (Å²) in [6.07, 6.45) is 2.75. The number of benzene rings is 1. The quantitative estimate of drug-likeness (QED) is 0.781. The number of piperidine rings is 1. The van der Waals surface area contributed by atoms with Crippen LogP contribution >= 0.6 is 0 Å². The van der Waals surface area contributed by atoms with E-state index < -0.39 is 11.6 Å². The molecule has 0 bridgehead atoms. The number of aryl methyl sites for hydroxylation is 1. The van der Waals surface area contributed by atoms with Gasteiger partial charge in [0.1, 0.15) is 18.3 Å². The van der Waals surface area contributed by atoms with Crippen LogP contribution in [0.4, 0.5) is 13.6 Å². The van der Waals surface area contributed by atoms with Crippen molar-refractivity contribution >= 4 is 17.6 Å². The molecule has 1 aromatic carbocycles. The third kappa shape index (κ3) is 3.81. The van der Waals surface area contributed by atoms with Crippen molar-refractivity contribution < 1.29 is 23.1 Å². The molecule has 4 rings (SSSR count). The lowest BCUT2D eigenvalue weighted by molar-refractivity contribution is -0.140. The number of halogens is 2. The van der Waals surface area contributed by atoms with Gasteiger partial charge in [0.25, 0.3) is 0 Å². The Labute approximate surface area is 162 Å². The molecule has 0 aliphatic carbocycles. The highest BCUT2D eigenvalue weighted by molar-refractivity contribution is 5.81. The molecule has 0 saturated carbocycles. The first-order valence-electron chi connectivity index (χ1n) is 9.71. The smallest absolute Gasteiger partial charge is 0.320 e. The summed E-state index contributed by atoms with van der Waals surface area (Å²) in [6, 6.07) is 4.24. The monoisotopic (exact) mass is 389 g/mol. The Morgan fingerprint density at radius 1 is 1.25 bits per heavy atom. The molecular weight excluding hydrogens is 365 g/mol. The molecular formula is C21H24F2N2O3. The molecule has 0 spiro atoms. The number of urea groups is 1. The summed E-state index contributed by atoms with van der Waals surface area (Å²) in [7, 11) is 0. The number of amides is 2. The standard InChI is InChI=1S/C21H24F2N2O3/c1-13-2-3-15(8-18(13)22)19(23)6-14-9-25(10-14)21(27)24-5-4-20-16(11-24)7-17(26)12-28-20/h2-3,6,8,14,16,20H,4-5,7,9-12H2,1H3/b19-6+/t16-,20+/m1/s1/i21-1. The lowest BCUT2D eigenvalue weighted by Crippen LogP contribution is -2.58. The average molecular weight is 389 g/mol. The summed E-state index contributed by atoms with van der Waals surface area (Å²) in [4.78, 5) is 27.7. The van der Waals surface area contributed by atoms with Crippen LogP contribution in [0.15, 0.2) is 24.3 Å². The zero-order valence-corrected chi connectivity index (χ0v) is 15.9. The van der Waals surface area contributed by atoms with Crippen molar-refractivity contribution in [2.45, 2.75) is 25.9 Å². The maximum absolute atomic E-state index is 14.4. The van der Waals surface area contributed by atoms with E-state index >= 15 is 0 Å². The lowest BCUT2D eigenvalue weighted by atomic mass is 9.84. The number of Topliss-reactive ketones (excluding diaryl/α,β-unsaturated/α-hetero) is 1. The van der Waals surface area contributed by atoms with E-state index in [2.05, 4.69) is 0 Å². The van der Waals surface area contributed by atoms with E-state index in [0.717, 1.165) is 6.42 Å². The molecule has 3 aliphatic rings. The van der Waals surface area contributed by atoms with E-state index in [1.165, 1.54) is 12.1 Å². The van der Waals surface area contributed by atoms with Gasteiger partial charge in [0.2, 0.25) is 0 Å². The first-order valence-corrected chi connectivity index (χ1v) is 9.71. The van der Waals surface area contributed by atoms with Crippen LogP contribution in [0.5, 0.6) is 0 Å². The van der Waals surface area contributed by atoms with Crippen LogP contribution in [0.2, 0.25) is 0 Å². The second kappa shape index (κ2) is 7.62. The topological polar surface area (TPSA) is 49.9 Å².